The second-order valence-corrected chi connectivity index (χ2v) is 6.05. The van der Waals surface area contributed by atoms with E-state index in [1.807, 2.05) is 0 Å². The van der Waals surface area contributed by atoms with Gasteiger partial charge in [0.25, 0.3) is 11.8 Å². The van der Waals surface area contributed by atoms with E-state index in [1.165, 1.54) is 6.20 Å². The molecule has 1 aromatic carbocycles. The summed E-state index contributed by atoms with van der Waals surface area (Å²) in [6, 6.07) is 6.63. The van der Waals surface area contributed by atoms with Crippen molar-refractivity contribution in [3.05, 3.63) is 46.7 Å². The normalized spacial score (nSPS) is 15.0. The summed E-state index contributed by atoms with van der Waals surface area (Å²) in [5, 5.41) is 16.0. The van der Waals surface area contributed by atoms with Crippen molar-refractivity contribution in [2.45, 2.75) is 18.9 Å². The van der Waals surface area contributed by atoms with E-state index in [2.05, 4.69) is 26.1 Å². The van der Waals surface area contributed by atoms with Crippen molar-refractivity contribution in [2.24, 2.45) is 0 Å². The third-order valence-corrected chi connectivity index (χ3v) is 4.15. The van der Waals surface area contributed by atoms with E-state index >= 15 is 0 Å². The molecule has 3 rings (SSSR count). The maximum atomic E-state index is 12.4. The second-order valence-electron chi connectivity index (χ2n) is 5.62. The number of anilines is 1. The summed E-state index contributed by atoms with van der Waals surface area (Å²) in [7, 11) is 0. The molecule has 2 amide bonds. The average molecular weight is 348 g/mol. The number of aromatic nitrogens is 2. The zero-order valence-electron chi connectivity index (χ0n) is 12.9. The Labute approximate surface area is 144 Å². The standard InChI is InChI=1S/C16H18ClN5O2/c17-11-3-1-10(2-4-11)15(23)21-13-9-19-22-14(13)16(24)20-12-5-7-18-8-6-12/h1-4,9,12,18H,5-8H2,(H,19,22)(H,20,24)(H,21,23). The molecule has 0 radical (unpaired) electrons. The monoisotopic (exact) mass is 347 g/mol. The molecule has 2 heterocycles. The molecule has 1 fully saturated rings. The Bertz CT molecular complexity index is 722. The zero-order chi connectivity index (χ0) is 16.9. The summed E-state index contributed by atoms with van der Waals surface area (Å²) >= 11 is 5.81. The van der Waals surface area contributed by atoms with Gasteiger partial charge in [-0.05, 0) is 50.2 Å². The largest absolute Gasteiger partial charge is 0.348 e. The highest BCUT2D eigenvalue weighted by Crippen LogP contribution is 2.16. The van der Waals surface area contributed by atoms with Crippen molar-refractivity contribution in [1.82, 2.24) is 20.8 Å². The first-order chi connectivity index (χ1) is 11.6. The lowest BCUT2D eigenvalue weighted by molar-refractivity contribution is 0.0925. The minimum absolute atomic E-state index is 0.127. The summed E-state index contributed by atoms with van der Waals surface area (Å²) in [4.78, 5) is 24.6. The molecule has 0 aliphatic carbocycles. The predicted octanol–water partition coefficient (Wildman–Crippen LogP) is 1.80. The van der Waals surface area contributed by atoms with Crippen LogP contribution in [0, 0.1) is 0 Å². The van der Waals surface area contributed by atoms with Gasteiger partial charge >= 0.3 is 0 Å². The van der Waals surface area contributed by atoms with Crippen LogP contribution in [0.5, 0.6) is 0 Å². The van der Waals surface area contributed by atoms with Crippen LogP contribution in [0.25, 0.3) is 0 Å². The van der Waals surface area contributed by atoms with E-state index in [9.17, 15) is 9.59 Å². The van der Waals surface area contributed by atoms with Crippen LogP contribution in [0.2, 0.25) is 5.02 Å². The molecule has 8 heteroatoms. The van der Waals surface area contributed by atoms with Gasteiger partial charge in [-0.15, -0.1) is 0 Å². The number of nitrogens with zero attached hydrogens (tertiary/aromatic N) is 1. The minimum atomic E-state index is -0.330. The summed E-state index contributed by atoms with van der Waals surface area (Å²) in [6.45, 7) is 1.77. The predicted molar refractivity (Wildman–Crippen MR) is 91.4 cm³/mol. The van der Waals surface area contributed by atoms with E-state index in [0.717, 1.165) is 25.9 Å². The number of aromatic amines is 1. The van der Waals surface area contributed by atoms with Crippen molar-refractivity contribution in [2.75, 3.05) is 18.4 Å². The van der Waals surface area contributed by atoms with Gasteiger partial charge in [0.05, 0.1) is 11.9 Å². The van der Waals surface area contributed by atoms with Crippen LogP contribution >= 0.6 is 11.6 Å². The van der Waals surface area contributed by atoms with Gasteiger partial charge in [-0.3, -0.25) is 14.7 Å². The number of benzene rings is 1. The van der Waals surface area contributed by atoms with Crippen molar-refractivity contribution in [3.63, 3.8) is 0 Å². The van der Waals surface area contributed by atoms with Crippen molar-refractivity contribution < 1.29 is 9.59 Å². The van der Waals surface area contributed by atoms with Crippen molar-refractivity contribution >= 4 is 29.1 Å². The third-order valence-electron chi connectivity index (χ3n) is 3.90. The highest BCUT2D eigenvalue weighted by molar-refractivity contribution is 6.30. The number of carbonyl (C=O) groups excluding carboxylic acids is 2. The van der Waals surface area contributed by atoms with Gasteiger partial charge in [-0.2, -0.15) is 5.10 Å². The number of piperidine rings is 1. The molecule has 7 nitrogen and oxygen atoms in total. The molecule has 1 aliphatic heterocycles. The van der Waals surface area contributed by atoms with Gasteiger partial charge in [-0.25, -0.2) is 0 Å². The highest BCUT2D eigenvalue weighted by Gasteiger charge is 2.21. The number of H-pyrrole nitrogens is 1. The Balaban J connectivity index is 1.67. The Kier molecular flexibility index (Phi) is 5.12. The van der Waals surface area contributed by atoms with Gasteiger partial charge in [0, 0.05) is 16.6 Å². The number of carbonyl (C=O) groups is 2. The molecular weight excluding hydrogens is 330 g/mol. The molecule has 2 aromatic rings. The molecular formula is C16H18ClN5O2. The SMILES string of the molecule is O=C(Nc1cn[nH]c1C(=O)NC1CCNCC1)c1ccc(Cl)cc1. The molecule has 24 heavy (non-hydrogen) atoms. The number of nitrogens with one attached hydrogen (secondary N) is 4. The van der Waals surface area contributed by atoms with Crippen LogP contribution in [0.1, 0.15) is 33.7 Å². The van der Waals surface area contributed by atoms with E-state index < -0.39 is 0 Å². The fourth-order valence-electron chi connectivity index (χ4n) is 2.57. The first kappa shape index (κ1) is 16.5. The molecule has 0 saturated carbocycles. The van der Waals surface area contributed by atoms with Gasteiger partial charge in [0.15, 0.2) is 0 Å². The molecule has 1 aliphatic rings. The van der Waals surface area contributed by atoms with Gasteiger partial charge in [0.1, 0.15) is 5.69 Å². The van der Waals surface area contributed by atoms with E-state index in [0.29, 0.717) is 16.3 Å². The van der Waals surface area contributed by atoms with Crippen molar-refractivity contribution in [3.8, 4) is 0 Å². The van der Waals surface area contributed by atoms with E-state index in [-0.39, 0.29) is 23.6 Å². The van der Waals surface area contributed by atoms with E-state index in [1.54, 1.807) is 24.3 Å². The molecule has 1 saturated heterocycles. The van der Waals surface area contributed by atoms with E-state index in [4.69, 9.17) is 11.6 Å². The van der Waals surface area contributed by atoms with Gasteiger partial charge in [-0.1, -0.05) is 11.6 Å². The van der Waals surface area contributed by atoms with Gasteiger partial charge < -0.3 is 16.0 Å². The second kappa shape index (κ2) is 7.46. The lowest BCUT2D eigenvalue weighted by atomic mass is 10.1. The quantitative estimate of drug-likeness (QED) is 0.677. The number of hydrogen-bond acceptors (Lipinski definition) is 4. The van der Waals surface area contributed by atoms with Crippen LogP contribution in [0.3, 0.4) is 0 Å². The number of rotatable bonds is 4. The smallest absolute Gasteiger partial charge is 0.271 e. The van der Waals surface area contributed by atoms with Crippen LogP contribution in [0.4, 0.5) is 5.69 Å². The molecule has 1 aromatic heterocycles. The summed E-state index contributed by atoms with van der Waals surface area (Å²) in [5.41, 5.74) is 1.04. The average Bonchev–Trinajstić information content (AvgIpc) is 3.04. The summed E-state index contributed by atoms with van der Waals surface area (Å²) in [6.07, 6.45) is 3.18. The number of hydrogen-bond donors (Lipinski definition) is 4. The van der Waals surface area contributed by atoms with Crippen molar-refractivity contribution in [1.29, 1.82) is 0 Å². The van der Waals surface area contributed by atoms with Gasteiger partial charge in [0.2, 0.25) is 0 Å². The first-order valence-electron chi connectivity index (χ1n) is 7.75. The van der Waals surface area contributed by atoms with Crippen LogP contribution in [-0.4, -0.2) is 41.1 Å². The fraction of sp³-hybridized carbons (Fsp3) is 0.312. The first-order valence-corrected chi connectivity index (χ1v) is 8.13. The molecule has 0 unspecified atom stereocenters. The lowest BCUT2D eigenvalue weighted by Crippen LogP contribution is -2.43. The zero-order valence-corrected chi connectivity index (χ0v) is 13.7. The van der Waals surface area contributed by atoms with Crippen LogP contribution < -0.4 is 16.0 Å². The molecule has 0 bridgehead atoms. The molecule has 4 N–H and O–H groups in total. The Morgan fingerprint density at radius 1 is 1.12 bits per heavy atom. The summed E-state index contributed by atoms with van der Waals surface area (Å²) in [5.74, 6) is -0.602. The van der Waals surface area contributed by atoms with Crippen LogP contribution in [0.15, 0.2) is 30.5 Å². The Morgan fingerprint density at radius 2 is 1.83 bits per heavy atom. The molecule has 126 valence electrons. The fourth-order valence-corrected chi connectivity index (χ4v) is 2.70. The Hall–Kier alpha value is -2.38. The maximum absolute atomic E-state index is 12.4. The minimum Gasteiger partial charge on any atom is -0.348 e. The number of halogens is 1. The molecule has 0 atom stereocenters. The third kappa shape index (κ3) is 3.93. The Morgan fingerprint density at radius 3 is 2.54 bits per heavy atom. The van der Waals surface area contributed by atoms with Crippen LogP contribution in [-0.2, 0) is 0 Å². The topological polar surface area (TPSA) is 98.9 Å². The highest BCUT2D eigenvalue weighted by atomic mass is 35.5. The maximum Gasteiger partial charge on any atom is 0.271 e. The summed E-state index contributed by atoms with van der Waals surface area (Å²) < 4.78 is 0. The number of amides is 2. The lowest BCUT2D eigenvalue weighted by Gasteiger charge is -2.23. The molecule has 0 spiro atoms.